The summed E-state index contributed by atoms with van der Waals surface area (Å²) in [5.74, 6) is -0.192. The van der Waals surface area contributed by atoms with Gasteiger partial charge >= 0.3 is 5.97 Å². The van der Waals surface area contributed by atoms with E-state index in [1.165, 1.54) is 13.5 Å². The molecule has 5 heteroatoms. The summed E-state index contributed by atoms with van der Waals surface area (Å²) in [5, 5.41) is 20.5. The van der Waals surface area contributed by atoms with Gasteiger partial charge in [0.15, 0.2) is 0 Å². The van der Waals surface area contributed by atoms with Gasteiger partial charge in [0.25, 0.3) is 0 Å². The Hall–Kier alpha value is -2.53. The number of nitrogens with two attached hydrogens (primary N) is 1. The number of carbonyl (C=O) groups excluding carboxylic acids is 1. The second-order valence-corrected chi connectivity index (χ2v) is 6.63. The molecule has 0 saturated carbocycles. The van der Waals surface area contributed by atoms with Crippen molar-refractivity contribution in [1.82, 2.24) is 0 Å². The summed E-state index contributed by atoms with van der Waals surface area (Å²) in [6.07, 6.45) is 3.42. The highest BCUT2D eigenvalue weighted by Crippen LogP contribution is 2.38. The van der Waals surface area contributed by atoms with E-state index in [2.05, 4.69) is 19.6 Å². The fourth-order valence-electron chi connectivity index (χ4n) is 2.73. The van der Waals surface area contributed by atoms with Crippen LogP contribution in [0.5, 0.6) is 11.5 Å². The summed E-state index contributed by atoms with van der Waals surface area (Å²) in [7, 11) is 1.50. The van der Waals surface area contributed by atoms with E-state index in [1.54, 1.807) is 19.1 Å². The minimum Gasteiger partial charge on any atom is -0.507 e. The van der Waals surface area contributed by atoms with Crippen molar-refractivity contribution in [3.63, 3.8) is 0 Å². The van der Waals surface area contributed by atoms with Crippen LogP contribution in [0.25, 0.3) is 11.1 Å². The molecule has 0 aromatic heterocycles. The summed E-state index contributed by atoms with van der Waals surface area (Å²) < 4.78 is 4.99. The molecular weight excluding hydrogens is 366 g/mol. The quantitative estimate of drug-likeness (QED) is 0.547. The minimum absolute atomic E-state index is 0.0645. The molecule has 0 amide bonds. The molecule has 0 heterocycles. The molecule has 2 rings (SSSR count). The molecule has 4 N–H and O–H groups in total. The molecule has 0 aliphatic rings. The Kier molecular flexibility index (Phi) is 14.1. The molecule has 0 bridgehead atoms. The predicted octanol–water partition coefficient (Wildman–Crippen LogP) is 5.28. The Morgan fingerprint density at radius 2 is 1.55 bits per heavy atom. The monoisotopic (exact) mass is 403 g/mol. The van der Waals surface area contributed by atoms with Gasteiger partial charge in [-0.3, -0.25) is 4.79 Å². The Morgan fingerprint density at radius 3 is 2.03 bits per heavy atom. The van der Waals surface area contributed by atoms with E-state index < -0.39 is 0 Å². The van der Waals surface area contributed by atoms with E-state index in [-0.39, 0.29) is 23.4 Å². The molecule has 0 saturated heterocycles. The van der Waals surface area contributed by atoms with Crippen molar-refractivity contribution in [2.75, 3.05) is 13.7 Å². The smallest absolute Gasteiger partial charge is 0.308 e. The van der Waals surface area contributed by atoms with Crippen LogP contribution < -0.4 is 5.73 Å². The Labute approximate surface area is 175 Å². The van der Waals surface area contributed by atoms with Gasteiger partial charge in [-0.25, -0.2) is 0 Å². The van der Waals surface area contributed by atoms with Gasteiger partial charge in [0.2, 0.25) is 0 Å². The van der Waals surface area contributed by atoms with Crippen LogP contribution in [-0.4, -0.2) is 29.8 Å². The highest BCUT2D eigenvalue weighted by atomic mass is 16.5. The van der Waals surface area contributed by atoms with Crippen molar-refractivity contribution in [2.45, 2.75) is 53.4 Å². The molecule has 0 fully saturated rings. The number of aromatic hydroxyl groups is 2. The largest absolute Gasteiger partial charge is 0.507 e. The standard InChI is InChI=1S/C20H24O4.C3H8.CH5N/c1-3-24-20(23)14(2)8-7-9-15-12-17(21)19(18(22)13-15)16-10-5-4-6-11-16;1-3-2;1-2/h4-6,10-14,21-22H,3,7-9H2,1-2H3;3H2,1-2H3;2H2,1H3. The van der Waals surface area contributed by atoms with E-state index in [1.807, 2.05) is 37.3 Å². The van der Waals surface area contributed by atoms with Crippen LogP contribution in [-0.2, 0) is 16.0 Å². The molecular formula is C24H37NO4. The van der Waals surface area contributed by atoms with Crippen molar-refractivity contribution in [1.29, 1.82) is 0 Å². The average molecular weight is 404 g/mol. The van der Waals surface area contributed by atoms with Crippen LogP contribution in [0.1, 0.15) is 52.5 Å². The topological polar surface area (TPSA) is 92.8 Å². The number of benzene rings is 2. The summed E-state index contributed by atoms with van der Waals surface area (Å²) in [6, 6.07) is 12.6. The third kappa shape index (κ3) is 9.48. The maximum absolute atomic E-state index is 11.6. The summed E-state index contributed by atoms with van der Waals surface area (Å²) in [6.45, 7) is 8.29. The van der Waals surface area contributed by atoms with Crippen molar-refractivity contribution >= 4 is 5.97 Å². The van der Waals surface area contributed by atoms with Crippen LogP contribution in [0.15, 0.2) is 42.5 Å². The zero-order valence-corrected chi connectivity index (χ0v) is 18.4. The SMILES string of the molecule is CCC.CCOC(=O)C(C)CCCc1cc(O)c(-c2ccccc2)c(O)c1.CN. The van der Waals surface area contributed by atoms with Gasteiger partial charge in [-0.2, -0.15) is 0 Å². The van der Waals surface area contributed by atoms with Gasteiger partial charge in [-0.15, -0.1) is 0 Å². The molecule has 0 aliphatic carbocycles. The van der Waals surface area contributed by atoms with Crippen molar-refractivity contribution in [3.05, 3.63) is 48.0 Å². The number of ether oxygens (including phenoxy) is 1. The van der Waals surface area contributed by atoms with E-state index in [0.29, 0.717) is 25.0 Å². The van der Waals surface area contributed by atoms with E-state index in [9.17, 15) is 15.0 Å². The first-order valence-electron chi connectivity index (χ1n) is 10.3. The highest BCUT2D eigenvalue weighted by molar-refractivity contribution is 5.76. The van der Waals surface area contributed by atoms with Crippen molar-refractivity contribution in [3.8, 4) is 22.6 Å². The number of esters is 1. The van der Waals surface area contributed by atoms with E-state index in [0.717, 1.165) is 17.5 Å². The maximum atomic E-state index is 11.6. The summed E-state index contributed by atoms with van der Waals surface area (Å²) in [5.41, 5.74) is 6.56. The zero-order valence-electron chi connectivity index (χ0n) is 18.4. The van der Waals surface area contributed by atoms with Gasteiger partial charge in [-0.05, 0) is 56.5 Å². The van der Waals surface area contributed by atoms with Crippen molar-refractivity contribution in [2.24, 2.45) is 11.7 Å². The fraction of sp³-hybridized carbons (Fsp3) is 0.458. The van der Waals surface area contributed by atoms with Gasteiger partial charge in [-0.1, -0.05) is 57.5 Å². The molecule has 5 nitrogen and oxygen atoms in total. The van der Waals surface area contributed by atoms with Gasteiger partial charge < -0.3 is 20.7 Å². The third-order valence-electron chi connectivity index (χ3n) is 4.01. The number of carbonyl (C=O) groups is 1. The number of aryl methyl sites for hydroxylation is 1. The molecule has 1 unspecified atom stereocenters. The molecule has 2 aromatic carbocycles. The number of phenols is 2. The lowest BCUT2D eigenvalue weighted by atomic mass is 9.97. The van der Waals surface area contributed by atoms with Crippen LogP contribution in [0, 0.1) is 5.92 Å². The average Bonchev–Trinajstić information content (AvgIpc) is 2.70. The van der Waals surface area contributed by atoms with Crippen LogP contribution in [0.3, 0.4) is 0 Å². The first kappa shape index (κ1) is 26.5. The normalized spacial score (nSPS) is 10.7. The first-order chi connectivity index (χ1) is 13.9. The van der Waals surface area contributed by atoms with Crippen molar-refractivity contribution < 1.29 is 19.7 Å². The highest BCUT2D eigenvalue weighted by Gasteiger charge is 2.15. The Morgan fingerprint density at radius 1 is 1.03 bits per heavy atom. The van der Waals surface area contributed by atoms with E-state index >= 15 is 0 Å². The molecule has 1 atom stereocenters. The van der Waals surface area contributed by atoms with Crippen LogP contribution in [0.2, 0.25) is 0 Å². The fourth-order valence-corrected chi connectivity index (χ4v) is 2.73. The zero-order chi connectivity index (χ0) is 22.2. The van der Waals surface area contributed by atoms with Gasteiger partial charge in [0.05, 0.1) is 18.1 Å². The maximum Gasteiger partial charge on any atom is 0.308 e. The Bertz CT molecular complexity index is 678. The first-order valence-corrected chi connectivity index (χ1v) is 10.3. The lowest BCUT2D eigenvalue weighted by molar-refractivity contribution is -0.147. The number of phenolic OH excluding ortho intramolecular Hbond substituents is 2. The lowest BCUT2D eigenvalue weighted by Crippen LogP contribution is -2.14. The van der Waals surface area contributed by atoms with E-state index in [4.69, 9.17) is 4.74 Å². The third-order valence-corrected chi connectivity index (χ3v) is 4.01. The minimum atomic E-state index is -0.178. The lowest BCUT2D eigenvalue weighted by Gasteiger charge is -2.12. The Balaban J connectivity index is 0.00000143. The molecule has 0 aliphatic heterocycles. The summed E-state index contributed by atoms with van der Waals surface area (Å²) >= 11 is 0. The molecule has 0 radical (unpaired) electrons. The molecule has 29 heavy (non-hydrogen) atoms. The number of rotatable bonds is 7. The van der Waals surface area contributed by atoms with Gasteiger partial charge in [0, 0.05) is 0 Å². The van der Waals surface area contributed by atoms with Gasteiger partial charge in [0.1, 0.15) is 11.5 Å². The predicted molar refractivity (Wildman–Crippen MR) is 120 cm³/mol. The second-order valence-electron chi connectivity index (χ2n) is 6.63. The van der Waals surface area contributed by atoms with Crippen LogP contribution >= 0.6 is 0 Å². The number of hydrogen-bond donors (Lipinski definition) is 3. The second kappa shape index (κ2) is 15.4. The molecule has 0 spiro atoms. The molecule has 162 valence electrons. The van der Waals surface area contributed by atoms with Crippen LogP contribution in [0.4, 0.5) is 0 Å². The summed E-state index contributed by atoms with van der Waals surface area (Å²) in [4.78, 5) is 11.6. The number of hydrogen-bond acceptors (Lipinski definition) is 5. The molecule has 2 aromatic rings.